The Balaban J connectivity index is 0.00000243. The highest BCUT2D eigenvalue weighted by Gasteiger charge is 2.23. The van der Waals surface area contributed by atoms with Crippen LogP contribution in [0.1, 0.15) is 11.7 Å². The number of carbonyl (C=O) groups excluding carboxylic acids is 1. The molecule has 2 aromatic carbocycles. The van der Waals surface area contributed by atoms with Gasteiger partial charge in [0.15, 0.2) is 17.6 Å². The van der Waals surface area contributed by atoms with Gasteiger partial charge in [-0.1, -0.05) is 42.5 Å². The summed E-state index contributed by atoms with van der Waals surface area (Å²) in [5.74, 6) is -0.268. The number of carbonyl (C=O) groups is 1. The number of nitrogens with one attached hydrogen (secondary N) is 1. The average Bonchev–Trinajstić information content (AvgIpc) is 2.96. The summed E-state index contributed by atoms with van der Waals surface area (Å²) in [6.45, 7) is -0.235. The number of halogens is 1. The number of benzene rings is 2. The highest BCUT2D eigenvalue weighted by Crippen LogP contribution is 2.16. The SMILES string of the molecule is C[n+]1cn(CC(=O)N[C@H](CO)C(O)c2ccccc2)c2ccccc21.[Cl-]. The second-order valence-corrected chi connectivity index (χ2v) is 6.06. The quantitative estimate of drug-likeness (QED) is 0.423. The lowest BCUT2D eigenvalue weighted by Crippen LogP contribution is -3.00. The van der Waals surface area contributed by atoms with Crippen molar-refractivity contribution in [2.75, 3.05) is 6.61 Å². The molecule has 0 fully saturated rings. The molecule has 0 radical (unpaired) electrons. The van der Waals surface area contributed by atoms with Crippen LogP contribution in [-0.4, -0.2) is 33.3 Å². The molecule has 26 heavy (non-hydrogen) atoms. The van der Waals surface area contributed by atoms with Gasteiger partial charge in [-0.05, 0) is 17.7 Å². The first-order valence-corrected chi connectivity index (χ1v) is 8.17. The molecule has 0 spiro atoms. The number of imidazole rings is 1. The molecule has 3 rings (SSSR count). The number of aromatic nitrogens is 2. The van der Waals surface area contributed by atoms with Crippen LogP contribution in [-0.2, 0) is 18.4 Å². The molecule has 0 saturated heterocycles. The van der Waals surface area contributed by atoms with Crippen molar-refractivity contribution < 1.29 is 32.0 Å². The first-order chi connectivity index (χ1) is 12.1. The van der Waals surface area contributed by atoms with Crippen LogP contribution < -0.4 is 22.3 Å². The molecule has 0 aliphatic heterocycles. The molecule has 2 atom stereocenters. The van der Waals surface area contributed by atoms with Crippen molar-refractivity contribution >= 4 is 16.9 Å². The first-order valence-electron chi connectivity index (χ1n) is 8.17. The van der Waals surface area contributed by atoms with Crippen molar-refractivity contribution in [3.05, 3.63) is 66.5 Å². The van der Waals surface area contributed by atoms with Gasteiger partial charge < -0.3 is 27.9 Å². The molecule has 1 amide bonds. The van der Waals surface area contributed by atoms with Crippen molar-refractivity contribution in [3.63, 3.8) is 0 Å². The fraction of sp³-hybridized carbons (Fsp3) is 0.263. The van der Waals surface area contributed by atoms with Gasteiger partial charge in [0.05, 0.1) is 19.7 Å². The Hall–Kier alpha value is -2.41. The summed E-state index contributed by atoms with van der Waals surface area (Å²) in [6.07, 6.45) is 0.888. The van der Waals surface area contributed by atoms with E-state index in [-0.39, 0.29) is 31.5 Å². The summed E-state index contributed by atoms with van der Waals surface area (Å²) >= 11 is 0. The molecule has 138 valence electrons. The third kappa shape index (κ3) is 4.22. The van der Waals surface area contributed by atoms with E-state index in [1.54, 1.807) is 24.3 Å². The minimum absolute atomic E-state index is 0. The van der Waals surface area contributed by atoms with Gasteiger partial charge in [-0.25, -0.2) is 9.13 Å². The first kappa shape index (κ1) is 19.9. The van der Waals surface area contributed by atoms with Crippen molar-refractivity contribution in [2.45, 2.75) is 18.7 Å². The van der Waals surface area contributed by atoms with Crippen LogP contribution in [0.4, 0.5) is 0 Å². The zero-order valence-electron chi connectivity index (χ0n) is 14.4. The topological polar surface area (TPSA) is 78.4 Å². The fourth-order valence-electron chi connectivity index (χ4n) is 2.98. The number of amides is 1. The molecule has 0 aliphatic rings. The minimum atomic E-state index is -0.965. The van der Waals surface area contributed by atoms with E-state index in [9.17, 15) is 15.0 Å². The summed E-state index contributed by atoms with van der Waals surface area (Å²) < 4.78 is 3.79. The Bertz CT molecular complexity index is 867. The number of aryl methyl sites for hydroxylation is 1. The zero-order chi connectivity index (χ0) is 17.8. The maximum atomic E-state index is 12.4. The van der Waals surface area contributed by atoms with E-state index in [0.29, 0.717) is 5.56 Å². The van der Waals surface area contributed by atoms with E-state index < -0.39 is 12.1 Å². The Kier molecular flexibility index (Phi) is 6.74. The Morgan fingerprint density at radius 2 is 1.81 bits per heavy atom. The lowest BCUT2D eigenvalue weighted by Gasteiger charge is -2.22. The number of rotatable bonds is 6. The molecule has 0 bridgehead atoms. The highest BCUT2D eigenvalue weighted by atomic mass is 35.5. The summed E-state index contributed by atoms with van der Waals surface area (Å²) in [5, 5.41) is 22.7. The Labute approximate surface area is 158 Å². The lowest BCUT2D eigenvalue weighted by molar-refractivity contribution is -0.645. The van der Waals surface area contributed by atoms with Gasteiger partial charge in [0.25, 0.3) is 5.91 Å². The minimum Gasteiger partial charge on any atom is -1.00 e. The normalized spacial score (nSPS) is 13.0. The third-order valence-corrected chi connectivity index (χ3v) is 4.26. The number of aliphatic hydroxyl groups excluding tert-OH is 2. The van der Waals surface area contributed by atoms with E-state index in [4.69, 9.17) is 0 Å². The molecule has 0 saturated carbocycles. The Morgan fingerprint density at radius 3 is 2.50 bits per heavy atom. The molecular formula is C19H22ClN3O3. The smallest absolute Gasteiger partial charge is 0.262 e. The number of hydrogen-bond donors (Lipinski definition) is 3. The standard InChI is InChI=1S/C19H21N3O3.ClH/c1-21-13-22(17-10-6-5-9-16(17)21)11-18(24)20-15(12-23)19(25)14-7-3-2-4-8-14;/h2-10,13,15,19,23,25H,11-12H2,1H3;1H/t15-,19?;/m1./s1. The predicted octanol–water partition coefficient (Wildman–Crippen LogP) is -2.32. The van der Waals surface area contributed by atoms with Crippen LogP contribution >= 0.6 is 0 Å². The molecule has 1 unspecified atom stereocenters. The van der Waals surface area contributed by atoms with E-state index in [2.05, 4.69) is 5.32 Å². The van der Waals surface area contributed by atoms with Gasteiger partial charge in [0, 0.05) is 0 Å². The van der Waals surface area contributed by atoms with Gasteiger partial charge in [-0.3, -0.25) is 4.79 Å². The fourth-order valence-corrected chi connectivity index (χ4v) is 2.98. The maximum absolute atomic E-state index is 12.4. The maximum Gasteiger partial charge on any atom is 0.262 e. The number of nitrogens with zero attached hydrogens (tertiary/aromatic N) is 2. The van der Waals surface area contributed by atoms with Crippen molar-refractivity contribution in [3.8, 4) is 0 Å². The molecule has 1 aromatic heterocycles. The number of hydrogen-bond acceptors (Lipinski definition) is 3. The van der Waals surface area contributed by atoms with Gasteiger partial charge in [-0.15, -0.1) is 0 Å². The molecule has 1 heterocycles. The van der Waals surface area contributed by atoms with Crippen molar-refractivity contribution in [1.82, 2.24) is 9.88 Å². The summed E-state index contributed by atoms with van der Waals surface area (Å²) in [7, 11) is 1.92. The lowest BCUT2D eigenvalue weighted by atomic mass is 10.0. The highest BCUT2D eigenvalue weighted by molar-refractivity contribution is 5.79. The van der Waals surface area contributed by atoms with E-state index >= 15 is 0 Å². The van der Waals surface area contributed by atoms with Gasteiger partial charge in [0.1, 0.15) is 6.10 Å². The molecule has 7 heteroatoms. The third-order valence-electron chi connectivity index (χ3n) is 4.26. The van der Waals surface area contributed by atoms with Crippen LogP contribution in [0.25, 0.3) is 11.0 Å². The summed E-state index contributed by atoms with van der Waals surface area (Å²) in [4.78, 5) is 12.4. The van der Waals surface area contributed by atoms with Crippen LogP contribution in [0.5, 0.6) is 0 Å². The van der Waals surface area contributed by atoms with E-state index in [1.807, 2.05) is 52.8 Å². The van der Waals surface area contributed by atoms with E-state index in [0.717, 1.165) is 11.0 Å². The molecule has 0 aliphatic carbocycles. The zero-order valence-corrected chi connectivity index (χ0v) is 15.2. The molecule has 6 nitrogen and oxygen atoms in total. The summed E-state index contributed by atoms with van der Waals surface area (Å²) in [6, 6.07) is 16.0. The molecule has 3 N–H and O–H groups in total. The van der Waals surface area contributed by atoms with Crippen molar-refractivity contribution in [1.29, 1.82) is 0 Å². The van der Waals surface area contributed by atoms with Crippen molar-refractivity contribution in [2.24, 2.45) is 7.05 Å². The monoisotopic (exact) mass is 375 g/mol. The predicted molar refractivity (Wildman–Crippen MR) is 93.5 cm³/mol. The van der Waals surface area contributed by atoms with Gasteiger partial charge in [0.2, 0.25) is 6.33 Å². The molecule has 3 aromatic rings. The van der Waals surface area contributed by atoms with Crippen LogP contribution in [0.15, 0.2) is 60.9 Å². The second kappa shape index (κ2) is 8.80. The summed E-state index contributed by atoms with van der Waals surface area (Å²) in [5.41, 5.74) is 2.63. The van der Waals surface area contributed by atoms with Crippen LogP contribution in [0, 0.1) is 0 Å². The number of aliphatic hydroxyl groups is 2. The van der Waals surface area contributed by atoms with Crippen LogP contribution in [0.2, 0.25) is 0 Å². The van der Waals surface area contributed by atoms with E-state index in [1.165, 1.54) is 0 Å². The van der Waals surface area contributed by atoms with Gasteiger partial charge >= 0.3 is 0 Å². The molecular weight excluding hydrogens is 354 g/mol. The number of para-hydroxylation sites is 2. The largest absolute Gasteiger partial charge is 1.00 e. The Morgan fingerprint density at radius 1 is 1.15 bits per heavy atom. The van der Waals surface area contributed by atoms with Gasteiger partial charge in [-0.2, -0.15) is 0 Å². The second-order valence-electron chi connectivity index (χ2n) is 6.06. The number of fused-ring (bicyclic) bond motifs is 1. The average molecular weight is 376 g/mol. The van der Waals surface area contributed by atoms with Crippen LogP contribution in [0.3, 0.4) is 0 Å².